The van der Waals surface area contributed by atoms with E-state index in [9.17, 15) is 0 Å². The number of pyridine rings is 1. The fourth-order valence-electron chi connectivity index (χ4n) is 2.39. The maximum Gasteiger partial charge on any atom is 0.160 e. The summed E-state index contributed by atoms with van der Waals surface area (Å²) >= 11 is 10.6. The molecule has 0 bridgehead atoms. The number of hydrogen-bond donors (Lipinski definition) is 0. The third-order valence-electron chi connectivity index (χ3n) is 3.56. The fourth-order valence-corrected chi connectivity index (χ4v) is 4.34. The number of aliphatic imine (C=N–C) groups is 1. The van der Waals surface area contributed by atoms with Crippen LogP contribution in [0.1, 0.15) is 11.1 Å². The van der Waals surface area contributed by atoms with Crippen molar-refractivity contribution in [3.8, 4) is 0 Å². The zero-order valence-electron chi connectivity index (χ0n) is 12.5. The molecule has 3 nitrogen and oxygen atoms in total. The molecule has 6 heteroatoms. The summed E-state index contributed by atoms with van der Waals surface area (Å²) in [5.74, 6) is 0. The molecule has 0 N–H and O–H groups in total. The van der Waals surface area contributed by atoms with Gasteiger partial charge in [0.25, 0.3) is 0 Å². The number of thioether (sulfide) groups is 1. The lowest BCUT2D eigenvalue weighted by molar-refractivity contribution is 0.414. The monoisotopic (exact) mass is 457 g/mol. The van der Waals surface area contributed by atoms with E-state index in [0.29, 0.717) is 5.25 Å². The molecule has 0 saturated carbocycles. The summed E-state index contributed by atoms with van der Waals surface area (Å²) in [6, 6.07) is 12.1. The first-order valence-electron chi connectivity index (χ1n) is 7.40. The van der Waals surface area contributed by atoms with E-state index in [-0.39, 0.29) is 0 Å². The van der Waals surface area contributed by atoms with Crippen molar-refractivity contribution in [1.29, 1.82) is 0 Å². The highest BCUT2D eigenvalue weighted by molar-refractivity contribution is 14.1. The van der Waals surface area contributed by atoms with Crippen molar-refractivity contribution in [2.75, 3.05) is 11.0 Å². The summed E-state index contributed by atoms with van der Waals surface area (Å²) in [4.78, 5) is 11.3. The lowest BCUT2D eigenvalue weighted by Crippen LogP contribution is -2.27. The van der Waals surface area contributed by atoms with Crippen LogP contribution in [0.2, 0.25) is 5.02 Å². The summed E-state index contributed by atoms with van der Waals surface area (Å²) in [5, 5.41) is 2.49. The average molecular weight is 458 g/mol. The summed E-state index contributed by atoms with van der Waals surface area (Å²) < 4.78 is 1.11. The maximum atomic E-state index is 6.35. The molecule has 1 aliphatic heterocycles. The fraction of sp³-hybridized carbons (Fsp3) is 0.294. The molecule has 23 heavy (non-hydrogen) atoms. The second-order valence-corrected chi connectivity index (χ2v) is 7.88. The molecular weight excluding hydrogens is 441 g/mol. The Labute approximate surface area is 159 Å². The Balaban J connectivity index is 1.80. The van der Waals surface area contributed by atoms with Crippen LogP contribution < -0.4 is 0 Å². The first kappa shape index (κ1) is 17.0. The van der Waals surface area contributed by atoms with Crippen molar-refractivity contribution in [2.24, 2.45) is 4.99 Å². The molecule has 3 rings (SSSR count). The molecule has 1 aliphatic rings. The van der Waals surface area contributed by atoms with Crippen LogP contribution in [0.3, 0.4) is 0 Å². The number of nitrogens with zero attached hydrogens (tertiary/aromatic N) is 3. The van der Waals surface area contributed by atoms with Gasteiger partial charge in [0.2, 0.25) is 0 Å². The van der Waals surface area contributed by atoms with Gasteiger partial charge in [-0.1, -0.05) is 70.2 Å². The summed E-state index contributed by atoms with van der Waals surface area (Å²) in [5.41, 5.74) is 2.31. The van der Waals surface area contributed by atoms with Gasteiger partial charge < -0.3 is 4.90 Å². The van der Waals surface area contributed by atoms with Crippen molar-refractivity contribution in [3.05, 3.63) is 64.9 Å². The van der Waals surface area contributed by atoms with E-state index in [1.807, 2.05) is 42.2 Å². The van der Waals surface area contributed by atoms with Gasteiger partial charge in [-0.3, -0.25) is 9.98 Å². The van der Waals surface area contributed by atoms with Gasteiger partial charge in [-0.15, -0.1) is 0 Å². The number of halogens is 2. The van der Waals surface area contributed by atoms with Gasteiger partial charge in [0.1, 0.15) is 0 Å². The predicted octanol–water partition coefficient (Wildman–Crippen LogP) is 4.64. The van der Waals surface area contributed by atoms with Gasteiger partial charge in [-0.05, 0) is 23.3 Å². The Morgan fingerprint density at radius 1 is 1.22 bits per heavy atom. The normalized spacial score (nSPS) is 17.1. The minimum atomic E-state index is 0.577. The van der Waals surface area contributed by atoms with E-state index in [1.54, 1.807) is 6.20 Å². The van der Waals surface area contributed by atoms with E-state index in [1.165, 1.54) is 5.56 Å². The number of aromatic nitrogens is 1. The molecule has 0 fully saturated rings. The van der Waals surface area contributed by atoms with Crippen molar-refractivity contribution >= 4 is 51.1 Å². The average Bonchev–Trinajstić information content (AvgIpc) is 3.06. The first-order valence-corrected chi connectivity index (χ1v) is 10.2. The molecule has 1 atom stereocenters. The van der Waals surface area contributed by atoms with Gasteiger partial charge in [0.15, 0.2) is 5.17 Å². The molecule has 0 amide bonds. The topological polar surface area (TPSA) is 28.5 Å². The minimum absolute atomic E-state index is 0.577. The summed E-state index contributed by atoms with van der Waals surface area (Å²) in [6.07, 6.45) is 3.71. The molecule has 0 unspecified atom stereocenters. The number of alkyl halides is 1. The third-order valence-corrected chi connectivity index (χ3v) is 6.84. The molecule has 0 radical (unpaired) electrons. The Bertz CT molecular complexity index is 681. The van der Waals surface area contributed by atoms with Crippen LogP contribution >= 0.6 is 46.0 Å². The van der Waals surface area contributed by atoms with E-state index in [0.717, 1.165) is 39.8 Å². The third kappa shape index (κ3) is 4.61. The van der Waals surface area contributed by atoms with E-state index >= 15 is 0 Å². The van der Waals surface area contributed by atoms with Gasteiger partial charge >= 0.3 is 0 Å². The highest BCUT2D eigenvalue weighted by atomic mass is 127. The van der Waals surface area contributed by atoms with Crippen LogP contribution in [0, 0.1) is 0 Å². The molecule has 120 valence electrons. The van der Waals surface area contributed by atoms with Crippen LogP contribution in [-0.2, 0) is 13.1 Å². The lowest BCUT2D eigenvalue weighted by Gasteiger charge is -2.25. The quantitative estimate of drug-likeness (QED) is 0.484. The number of amidine groups is 1. The van der Waals surface area contributed by atoms with E-state index in [4.69, 9.17) is 16.6 Å². The summed E-state index contributed by atoms with van der Waals surface area (Å²) in [7, 11) is 0. The minimum Gasteiger partial charge on any atom is -0.343 e. The van der Waals surface area contributed by atoms with E-state index in [2.05, 4.69) is 44.6 Å². The Kier molecular flexibility index (Phi) is 6.19. The first-order chi connectivity index (χ1) is 11.3. The SMILES string of the molecule is Clc1ccccc1CN(Cc1cccnc1)C1=NC[C@@H](CI)S1. The van der Waals surface area contributed by atoms with Gasteiger partial charge in [-0.2, -0.15) is 0 Å². The second kappa shape index (κ2) is 8.35. The molecule has 1 aromatic heterocycles. The Hall–Kier alpha value is -0.790. The standard InChI is InChI=1S/C17H17ClIN3S/c18-16-6-2-1-5-14(16)12-22(11-13-4-3-7-20-9-13)17-21-10-15(8-19)23-17/h1-7,9,15H,8,10-12H2/t15-/m1/s1. The van der Waals surface area contributed by atoms with Crippen molar-refractivity contribution in [3.63, 3.8) is 0 Å². The molecular formula is C17H17ClIN3S. The number of hydrogen-bond acceptors (Lipinski definition) is 4. The Morgan fingerprint density at radius 3 is 2.78 bits per heavy atom. The smallest absolute Gasteiger partial charge is 0.160 e. The largest absolute Gasteiger partial charge is 0.343 e. The van der Waals surface area contributed by atoms with Gasteiger partial charge in [0.05, 0.1) is 6.54 Å². The zero-order chi connectivity index (χ0) is 16.1. The van der Waals surface area contributed by atoms with Crippen LogP contribution in [0.5, 0.6) is 0 Å². The molecule has 0 spiro atoms. The van der Waals surface area contributed by atoms with Gasteiger partial charge in [0, 0.05) is 40.2 Å². The van der Waals surface area contributed by atoms with Crippen molar-refractivity contribution in [1.82, 2.24) is 9.88 Å². The molecule has 0 saturated heterocycles. The van der Waals surface area contributed by atoms with E-state index < -0.39 is 0 Å². The van der Waals surface area contributed by atoms with Crippen molar-refractivity contribution < 1.29 is 0 Å². The van der Waals surface area contributed by atoms with Gasteiger partial charge in [-0.25, -0.2) is 0 Å². The maximum absolute atomic E-state index is 6.35. The molecule has 2 aromatic rings. The van der Waals surface area contributed by atoms with Crippen LogP contribution in [0.15, 0.2) is 53.8 Å². The predicted molar refractivity (Wildman–Crippen MR) is 108 cm³/mol. The number of rotatable bonds is 5. The highest BCUT2D eigenvalue weighted by Gasteiger charge is 2.24. The second-order valence-electron chi connectivity index (χ2n) is 5.33. The number of benzene rings is 1. The Morgan fingerprint density at radius 2 is 2.09 bits per heavy atom. The van der Waals surface area contributed by atoms with Crippen LogP contribution in [-0.4, -0.2) is 31.3 Å². The molecule has 0 aliphatic carbocycles. The van der Waals surface area contributed by atoms with Crippen LogP contribution in [0.25, 0.3) is 0 Å². The lowest BCUT2D eigenvalue weighted by atomic mass is 10.2. The zero-order valence-corrected chi connectivity index (χ0v) is 16.3. The molecule has 2 heterocycles. The molecule has 1 aromatic carbocycles. The summed E-state index contributed by atoms with van der Waals surface area (Å²) in [6.45, 7) is 2.45. The van der Waals surface area contributed by atoms with Crippen LogP contribution in [0.4, 0.5) is 0 Å². The highest BCUT2D eigenvalue weighted by Crippen LogP contribution is 2.28. The van der Waals surface area contributed by atoms with Crippen molar-refractivity contribution in [2.45, 2.75) is 18.3 Å².